The van der Waals surface area contributed by atoms with E-state index in [0.29, 0.717) is 10.7 Å². The van der Waals surface area contributed by atoms with E-state index < -0.39 is 0 Å². The van der Waals surface area contributed by atoms with Gasteiger partial charge in [-0.15, -0.1) is 0 Å². The first-order chi connectivity index (χ1) is 14.2. The Morgan fingerprint density at radius 1 is 0.759 bits per heavy atom. The van der Waals surface area contributed by atoms with Gasteiger partial charge in [0.25, 0.3) is 0 Å². The Bertz CT molecular complexity index is 1170. The van der Waals surface area contributed by atoms with Crippen molar-refractivity contribution in [1.29, 1.82) is 0 Å². The van der Waals surface area contributed by atoms with Gasteiger partial charge in [0.05, 0.1) is 0 Å². The molecular weight excluding hydrogens is 378 g/mol. The molecule has 1 heterocycles. The van der Waals surface area contributed by atoms with Gasteiger partial charge in [-0.3, -0.25) is 4.79 Å². The molecule has 0 atom stereocenters. The molecule has 2 nitrogen and oxygen atoms in total. The zero-order valence-electron chi connectivity index (χ0n) is 15.6. The molecule has 0 radical (unpaired) electrons. The number of hydrogen-bond donors (Lipinski definition) is 0. The topological polar surface area (TPSA) is 30.0 Å². The number of nitrogens with zero attached hydrogens (tertiary/aromatic N) is 1. The molecule has 0 bridgehead atoms. The monoisotopic (exact) mass is 395 g/mol. The maximum Gasteiger partial charge on any atom is 0.185 e. The van der Waals surface area contributed by atoms with Crippen LogP contribution in [0.25, 0.3) is 28.3 Å². The van der Waals surface area contributed by atoms with Gasteiger partial charge >= 0.3 is 0 Å². The zero-order valence-corrected chi connectivity index (χ0v) is 16.4. The second-order valence-electron chi connectivity index (χ2n) is 6.58. The molecule has 3 aromatic carbocycles. The van der Waals surface area contributed by atoms with Crippen LogP contribution in [0.5, 0.6) is 0 Å². The maximum absolute atomic E-state index is 12.4. The minimum atomic E-state index is -0.0392. The normalized spacial score (nSPS) is 10.9. The van der Waals surface area contributed by atoms with Crippen LogP contribution in [0.1, 0.15) is 15.9 Å². The van der Waals surface area contributed by atoms with Gasteiger partial charge < -0.3 is 0 Å². The third kappa shape index (κ3) is 4.34. The van der Waals surface area contributed by atoms with Crippen molar-refractivity contribution in [2.24, 2.45) is 0 Å². The Morgan fingerprint density at radius 3 is 2.17 bits per heavy atom. The predicted octanol–water partition coefficient (Wildman–Crippen LogP) is 6.97. The molecule has 0 unspecified atom stereocenters. The fraction of sp³-hybridized carbons (Fsp3) is 0. The van der Waals surface area contributed by atoms with Crippen molar-refractivity contribution >= 4 is 23.5 Å². The highest BCUT2D eigenvalue weighted by Crippen LogP contribution is 2.33. The van der Waals surface area contributed by atoms with E-state index in [1.165, 1.54) is 0 Å². The number of ketones is 1. The molecule has 0 spiro atoms. The Morgan fingerprint density at radius 2 is 1.41 bits per heavy atom. The number of pyridine rings is 1. The number of benzene rings is 3. The second-order valence-corrected chi connectivity index (χ2v) is 6.94. The van der Waals surface area contributed by atoms with Crippen molar-refractivity contribution in [2.75, 3.05) is 0 Å². The molecule has 3 heteroatoms. The molecule has 140 valence electrons. The summed E-state index contributed by atoms with van der Waals surface area (Å²) < 4.78 is 0. The molecule has 0 saturated heterocycles. The Hall–Kier alpha value is -3.49. The molecule has 0 fully saturated rings. The van der Waals surface area contributed by atoms with Gasteiger partial charge in [0.2, 0.25) is 0 Å². The van der Waals surface area contributed by atoms with E-state index in [-0.39, 0.29) is 5.78 Å². The van der Waals surface area contributed by atoms with Crippen molar-refractivity contribution < 1.29 is 4.79 Å². The quantitative estimate of drug-likeness (QED) is 0.207. The van der Waals surface area contributed by atoms with E-state index in [4.69, 9.17) is 11.6 Å². The Balaban J connectivity index is 1.72. The van der Waals surface area contributed by atoms with E-state index >= 15 is 0 Å². The van der Waals surface area contributed by atoms with Crippen molar-refractivity contribution in [3.05, 3.63) is 120 Å². The number of allylic oxidation sites excluding steroid dienone is 1. The van der Waals surface area contributed by atoms with Crippen molar-refractivity contribution in [1.82, 2.24) is 4.98 Å². The first-order valence-electron chi connectivity index (χ1n) is 9.30. The summed E-state index contributed by atoms with van der Waals surface area (Å²) in [6, 6.07) is 29.2. The van der Waals surface area contributed by atoms with Crippen LogP contribution in [0.4, 0.5) is 0 Å². The van der Waals surface area contributed by atoms with Gasteiger partial charge in [-0.1, -0.05) is 103 Å². The van der Waals surface area contributed by atoms with Crippen molar-refractivity contribution in [3.8, 4) is 22.3 Å². The zero-order chi connectivity index (χ0) is 20.1. The summed E-state index contributed by atoms with van der Waals surface area (Å²) in [5.74, 6) is -0.0392. The molecule has 4 rings (SSSR count). The van der Waals surface area contributed by atoms with Crippen LogP contribution in [-0.2, 0) is 0 Å². The Kier molecular flexibility index (Phi) is 5.64. The summed E-state index contributed by atoms with van der Waals surface area (Å²) in [5, 5.41) is 0.430. The van der Waals surface area contributed by atoms with Crippen LogP contribution < -0.4 is 0 Å². The van der Waals surface area contributed by atoms with Crippen LogP contribution in [0.3, 0.4) is 0 Å². The van der Waals surface area contributed by atoms with E-state index in [1.54, 1.807) is 12.3 Å². The smallest absolute Gasteiger partial charge is 0.185 e. The van der Waals surface area contributed by atoms with E-state index in [1.807, 2.05) is 97.1 Å². The average molecular weight is 396 g/mol. The van der Waals surface area contributed by atoms with Crippen molar-refractivity contribution in [2.45, 2.75) is 0 Å². The molecule has 0 aliphatic carbocycles. The summed E-state index contributed by atoms with van der Waals surface area (Å²) in [6.45, 7) is 0. The molecule has 4 aromatic rings. The summed E-state index contributed by atoms with van der Waals surface area (Å²) in [6.07, 6.45) is 5.20. The molecule has 0 aliphatic rings. The second kappa shape index (κ2) is 8.68. The first-order valence-corrected chi connectivity index (χ1v) is 9.68. The lowest BCUT2D eigenvalue weighted by atomic mass is 9.97. The highest BCUT2D eigenvalue weighted by molar-refractivity contribution is 6.32. The molecule has 1 aromatic heterocycles. The number of aromatic nitrogens is 1. The third-order valence-corrected chi connectivity index (χ3v) is 4.97. The summed E-state index contributed by atoms with van der Waals surface area (Å²) in [7, 11) is 0. The highest BCUT2D eigenvalue weighted by atomic mass is 35.5. The molecular formula is C26H18ClNO. The van der Waals surface area contributed by atoms with E-state index in [9.17, 15) is 4.79 Å². The molecule has 29 heavy (non-hydrogen) atoms. The Labute approximate surface area is 175 Å². The molecule has 0 amide bonds. The van der Waals surface area contributed by atoms with Gasteiger partial charge in [-0.05, 0) is 28.8 Å². The number of carbonyl (C=O) groups excluding carboxylic acids is 1. The number of carbonyl (C=O) groups is 1. The van der Waals surface area contributed by atoms with E-state index in [0.717, 1.165) is 27.8 Å². The number of rotatable bonds is 5. The summed E-state index contributed by atoms with van der Waals surface area (Å²) >= 11 is 6.45. The summed E-state index contributed by atoms with van der Waals surface area (Å²) in [5.41, 5.74) is 5.40. The lowest BCUT2D eigenvalue weighted by Crippen LogP contribution is -1.93. The fourth-order valence-corrected chi connectivity index (χ4v) is 3.38. The first kappa shape index (κ1) is 18.9. The molecule has 0 N–H and O–H groups in total. The standard InChI is InChI=1S/C26H18ClNO/c27-26-24(17-22(18-28-26)19-9-3-1-4-10-19)23-14-8-7-11-20(23)15-16-25(29)21-12-5-2-6-13-21/h1-18H. The van der Waals surface area contributed by atoms with Crippen LogP contribution in [0.2, 0.25) is 5.15 Å². The maximum atomic E-state index is 12.4. The van der Waals surface area contributed by atoms with Crippen LogP contribution in [0, 0.1) is 0 Å². The van der Waals surface area contributed by atoms with Gasteiger partial charge in [0.15, 0.2) is 5.78 Å². The van der Waals surface area contributed by atoms with Crippen LogP contribution >= 0.6 is 11.6 Å². The van der Waals surface area contributed by atoms with Gasteiger partial charge in [0, 0.05) is 22.9 Å². The fourth-order valence-electron chi connectivity index (χ4n) is 3.18. The minimum Gasteiger partial charge on any atom is -0.289 e. The SMILES string of the molecule is O=C(C=Cc1ccccc1-c1cc(-c2ccccc2)cnc1Cl)c1ccccc1. The van der Waals surface area contributed by atoms with Crippen molar-refractivity contribution in [3.63, 3.8) is 0 Å². The average Bonchev–Trinajstić information content (AvgIpc) is 2.79. The number of hydrogen-bond acceptors (Lipinski definition) is 2. The highest BCUT2D eigenvalue weighted by Gasteiger charge is 2.11. The minimum absolute atomic E-state index is 0.0392. The van der Waals surface area contributed by atoms with Gasteiger partial charge in [-0.25, -0.2) is 4.98 Å². The number of halogens is 1. The lowest BCUT2D eigenvalue weighted by Gasteiger charge is -2.10. The summed E-state index contributed by atoms with van der Waals surface area (Å²) in [4.78, 5) is 16.8. The van der Waals surface area contributed by atoms with Crippen LogP contribution in [-0.4, -0.2) is 10.8 Å². The lowest BCUT2D eigenvalue weighted by molar-refractivity contribution is 0.104. The van der Waals surface area contributed by atoms with E-state index in [2.05, 4.69) is 4.98 Å². The van der Waals surface area contributed by atoms with Gasteiger partial charge in [0.1, 0.15) is 5.15 Å². The third-order valence-electron chi connectivity index (χ3n) is 4.67. The predicted molar refractivity (Wildman–Crippen MR) is 120 cm³/mol. The van der Waals surface area contributed by atoms with Crippen LogP contribution in [0.15, 0.2) is 103 Å². The molecule has 0 aliphatic heterocycles. The van der Waals surface area contributed by atoms with Gasteiger partial charge in [-0.2, -0.15) is 0 Å². The largest absolute Gasteiger partial charge is 0.289 e. The molecule has 0 saturated carbocycles.